The normalized spacial score (nSPS) is 10.9. The number of aromatic nitrogens is 1. The molecule has 3 aromatic rings. The molecule has 2 aromatic carbocycles. The SMILES string of the molecule is CC(C)CC(=O)Nc1cccc(CNc2nc3ccc([N+](=O)[O-])cc3s2)c1. The molecule has 0 unspecified atom stereocenters. The van der Waals surface area contributed by atoms with E-state index in [0.717, 1.165) is 21.5 Å². The number of carbonyl (C=O) groups excluding carboxylic acids is 1. The van der Waals surface area contributed by atoms with Gasteiger partial charge >= 0.3 is 0 Å². The number of carbonyl (C=O) groups is 1. The molecular weight excluding hydrogens is 364 g/mol. The maximum atomic E-state index is 11.9. The van der Waals surface area contributed by atoms with Crippen LogP contribution in [0.15, 0.2) is 42.5 Å². The number of anilines is 2. The smallest absolute Gasteiger partial charge is 0.270 e. The number of nitrogens with one attached hydrogen (secondary N) is 2. The van der Waals surface area contributed by atoms with Gasteiger partial charge < -0.3 is 10.6 Å². The number of nitrogens with zero attached hydrogens (tertiary/aromatic N) is 2. The first kappa shape index (κ1) is 18.8. The molecule has 2 N–H and O–H groups in total. The summed E-state index contributed by atoms with van der Waals surface area (Å²) in [5.74, 6) is 0.313. The van der Waals surface area contributed by atoms with Crippen LogP contribution in [0.25, 0.3) is 10.2 Å². The van der Waals surface area contributed by atoms with Crippen molar-refractivity contribution in [2.24, 2.45) is 5.92 Å². The minimum atomic E-state index is -0.411. The summed E-state index contributed by atoms with van der Waals surface area (Å²) in [6.07, 6.45) is 0.486. The Balaban J connectivity index is 1.66. The second-order valence-electron chi connectivity index (χ2n) is 6.63. The first-order chi connectivity index (χ1) is 12.9. The van der Waals surface area contributed by atoms with Crippen molar-refractivity contribution in [3.8, 4) is 0 Å². The zero-order valence-electron chi connectivity index (χ0n) is 15.1. The molecule has 0 aliphatic carbocycles. The lowest BCUT2D eigenvalue weighted by atomic mass is 10.1. The molecule has 8 heteroatoms. The quantitative estimate of drug-likeness (QED) is 0.450. The molecule has 140 valence electrons. The van der Waals surface area contributed by atoms with Crippen LogP contribution in [0.1, 0.15) is 25.8 Å². The van der Waals surface area contributed by atoms with Crippen LogP contribution >= 0.6 is 11.3 Å². The van der Waals surface area contributed by atoms with Crippen LogP contribution in [-0.4, -0.2) is 15.8 Å². The maximum Gasteiger partial charge on any atom is 0.270 e. The zero-order chi connectivity index (χ0) is 19.4. The lowest BCUT2D eigenvalue weighted by Gasteiger charge is -2.09. The molecule has 1 aromatic heterocycles. The van der Waals surface area contributed by atoms with Gasteiger partial charge in [-0.15, -0.1) is 0 Å². The average Bonchev–Trinajstić information content (AvgIpc) is 3.01. The summed E-state index contributed by atoms with van der Waals surface area (Å²) >= 11 is 1.37. The second-order valence-corrected chi connectivity index (χ2v) is 7.66. The minimum Gasteiger partial charge on any atom is -0.357 e. The fourth-order valence-corrected chi connectivity index (χ4v) is 3.52. The number of rotatable bonds is 7. The van der Waals surface area contributed by atoms with Crippen molar-refractivity contribution in [3.63, 3.8) is 0 Å². The first-order valence-electron chi connectivity index (χ1n) is 8.58. The molecule has 1 heterocycles. The van der Waals surface area contributed by atoms with Crippen molar-refractivity contribution in [1.29, 1.82) is 0 Å². The highest BCUT2D eigenvalue weighted by atomic mass is 32.1. The molecule has 0 saturated heterocycles. The monoisotopic (exact) mass is 384 g/mol. The third kappa shape index (κ3) is 5.01. The van der Waals surface area contributed by atoms with Crippen LogP contribution < -0.4 is 10.6 Å². The van der Waals surface area contributed by atoms with E-state index in [1.165, 1.54) is 23.5 Å². The fraction of sp³-hybridized carbons (Fsp3) is 0.263. The topological polar surface area (TPSA) is 97.2 Å². The number of non-ortho nitro benzene ring substituents is 1. The lowest BCUT2D eigenvalue weighted by molar-refractivity contribution is -0.384. The summed E-state index contributed by atoms with van der Waals surface area (Å²) in [7, 11) is 0. The molecule has 0 atom stereocenters. The molecule has 7 nitrogen and oxygen atoms in total. The van der Waals surface area contributed by atoms with Gasteiger partial charge in [0.25, 0.3) is 5.69 Å². The summed E-state index contributed by atoms with van der Waals surface area (Å²) in [5, 5.41) is 17.7. The molecular formula is C19H20N4O3S. The Kier molecular flexibility index (Phi) is 5.66. The van der Waals surface area contributed by atoms with Crippen molar-refractivity contribution in [2.45, 2.75) is 26.8 Å². The molecule has 0 spiro atoms. The third-order valence-corrected chi connectivity index (χ3v) is 4.81. The van der Waals surface area contributed by atoms with Crippen LogP contribution in [0.2, 0.25) is 0 Å². The van der Waals surface area contributed by atoms with Crippen LogP contribution in [-0.2, 0) is 11.3 Å². The molecule has 0 saturated carbocycles. The van der Waals surface area contributed by atoms with Crippen LogP contribution in [0, 0.1) is 16.0 Å². The van der Waals surface area contributed by atoms with Crippen molar-refractivity contribution in [3.05, 3.63) is 58.1 Å². The second kappa shape index (κ2) is 8.13. The Bertz CT molecular complexity index is 984. The fourth-order valence-electron chi connectivity index (χ4n) is 2.62. The number of nitro groups is 1. The van der Waals surface area contributed by atoms with Crippen LogP contribution in [0.4, 0.5) is 16.5 Å². The van der Waals surface area contributed by atoms with Gasteiger partial charge in [0.2, 0.25) is 5.91 Å². The highest BCUT2D eigenvalue weighted by Crippen LogP contribution is 2.29. The number of fused-ring (bicyclic) bond motifs is 1. The van der Waals surface area contributed by atoms with Crippen molar-refractivity contribution in [2.75, 3.05) is 10.6 Å². The Morgan fingerprint density at radius 2 is 2.07 bits per heavy atom. The summed E-state index contributed by atoms with van der Waals surface area (Å²) in [6.45, 7) is 4.55. The molecule has 0 fully saturated rings. The third-order valence-electron chi connectivity index (χ3n) is 3.83. The number of nitro benzene ring substituents is 1. The summed E-state index contributed by atoms with van der Waals surface area (Å²) in [5.41, 5.74) is 2.55. The summed E-state index contributed by atoms with van der Waals surface area (Å²) in [4.78, 5) is 26.8. The van der Waals surface area contributed by atoms with Crippen molar-refractivity contribution in [1.82, 2.24) is 4.98 Å². The van der Waals surface area contributed by atoms with Crippen molar-refractivity contribution >= 4 is 44.0 Å². The standard InChI is InChI=1S/C19H20N4O3S/c1-12(2)8-18(24)21-14-5-3-4-13(9-14)11-20-19-22-16-7-6-15(23(25)26)10-17(16)27-19/h3-7,9-10,12H,8,11H2,1-2H3,(H,20,22)(H,21,24). The Hall–Kier alpha value is -3.00. The molecule has 0 aliphatic heterocycles. The highest BCUT2D eigenvalue weighted by molar-refractivity contribution is 7.22. The maximum absolute atomic E-state index is 11.9. The number of thiazole rings is 1. The van der Waals surface area contributed by atoms with Gasteiger partial charge in [0.1, 0.15) is 0 Å². The number of hydrogen-bond donors (Lipinski definition) is 2. The van der Waals surface area contributed by atoms with E-state index in [9.17, 15) is 14.9 Å². The molecule has 27 heavy (non-hydrogen) atoms. The number of hydrogen-bond acceptors (Lipinski definition) is 6. The van der Waals surface area contributed by atoms with E-state index in [2.05, 4.69) is 15.6 Å². The predicted molar refractivity (Wildman–Crippen MR) is 108 cm³/mol. The number of amides is 1. The van der Waals surface area contributed by atoms with Crippen LogP contribution in [0.5, 0.6) is 0 Å². The van der Waals surface area contributed by atoms with E-state index in [-0.39, 0.29) is 11.6 Å². The molecule has 0 bridgehead atoms. The Morgan fingerprint density at radius 1 is 1.26 bits per heavy atom. The number of benzene rings is 2. The van der Waals surface area contributed by atoms with Crippen molar-refractivity contribution < 1.29 is 9.72 Å². The van der Waals surface area contributed by atoms with Gasteiger partial charge in [0.15, 0.2) is 5.13 Å². The molecule has 0 aliphatic rings. The summed E-state index contributed by atoms with van der Waals surface area (Å²) in [6, 6.07) is 12.3. The summed E-state index contributed by atoms with van der Waals surface area (Å²) < 4.78 is 0.765. The average molecular weight is 384 g/mol. The van der Waals surface area contributed by atoms with E-state index < -0.39 is 4.92 Å². The predicted octanol–water partition coefficient (Wildman–Crippen LogP) is 4.80. The van der Waals surface area contributed by atoms with E-state index in [0.29, 0.717) is 24.0 Å². The lowest BCUT2D eigenvalue weighted by Crippen LogP contribution is -2.14. The van der Waals surface area contributed by atoms with Gasteiger partial charge in [-0.1, -0.05) is 37.3 Å². The Labute approximate surface area is 160 Å². The van der Waals surface area contributed by atoms with Gasteiger partial charge in [0.05, 0.1) is 15.1 Å². The van der Waals surface area contributed by atoms with Gasteiger partial charge in [-0.05, 0) is 29.7 Å². The molecule has 1 amide bonds. The van der Waals surface area contributed by atoms with Gasteiger partial charge in [0, 0.05) is 30.8 Å². The van der Waals surface area contributed by atoms with Gasteiger partial charge in [-0.3, -0.25) is 14.9 Å². The largest absolute Gasteiger partial charge is 0.357 e. The molecule has 0 radical (unpaired) electrons. The Morgan fingerprint density at radius 3 is 2.81 bits per heavy atom. The van der Waals surface area contributed by atoms with E-state index in [4.69, 9.17) is 0 Å². The van der Waals surface area contributed by atoms with E-state index in [1.807, 2.05) is 38.1 Å². The van der Waals surface area contributed by atoms with E-state index in [1.54, 1.807) is 6.07 Å². The zero-order valence-corrected chi connectivity index (χ0v) is 15.9. The molecule has 3 rings (SSSR count). The highest BCUT2D eigenvalue weighted by Gasteiger charge is 2.10. The first-order valence-corrected chi connectivity index (χ1v) is 9.40. The van der Waals surface area contributed by atoms with Gasteiger partial charge in [-0.25, -0.2) is 4.98 Å². The van der Waals surface area contributed by atoms with Crippen LogP contribution in [0.3, 0.4) is 0 Å². The minimum absolute atomic E-state index is 0.00266. The van der Waals surface area contributed by atoms with E-state index >= 15 is 0 Å². The van der Waals surface area contributed by atoms with Gasteiger partial charge in [-0.2, -0.15) is 0 Å².